The van der Waals surface area contributed by atoms with Gasteiger partial charge < -0.3 is 10.2 Å². The molecule has 0 unspecified atom stereocenters. The maximum Gasteiger partial charge on any atom is 0.263 e. The lowest BCUT2D eigenvalue weighted by Gasteiger charge is -2.35. The van der Waals surface area contributed by atoms with Crippen molar-refractivity contribution in [2.24, 2.45) is 0 Å². The fourth-order valence-corrected chi connectivity index (χ4v) is 6.58. The molecule has 0 atom stereocenters. The van der Waals surface area contributed by atoms with E-state index in [-0.39, 0.29) is 28.7 Å². The molecule has 3 aromatic rings. The van der Waals surface area contributed by atoms with E-state index in [0.29, 0.717) is 25.3 Å². The van der Waals surface area contributed by atoms with Crippen molar-refractivity contribution in [3.8, 4) is 0 Å². The zero-order valence-corrected chi connectivity index (χ0v) is 20.0. The minimum absolute atomic E-state index is 0.0191. The van der Waals surface area contributed by atoms with Gasteiger partial charge in [-0.05, 0) is 41.1 Å². The van der Waals surface area contributed by atoms with Crippen molar-refractivity contribution in [3.63, 3.8) is 0 Å². The Morgan fingerprint density at radius 3 is 2.33 bits per heavy atom. The molecule has 0 bridgehead atoms. The number of amides is 1. The van der Waals surface area contributed by atoms with Gasteiger partial charge in [0.1, 0.15) is 15.6 Å². The van der Waals surface area contributed by atoms with Crippen LogP contribution in [0.2, 0.25) is 0 Å². The first-order valence-corrected chi connectivity index (χ1v) is 13.1. The Balaban J connectivity index is 1.42. The van der Waals surface area contributed by atoms with E-state index in [2.05, 4.69) is 12.2 Å². The molecule has 174 valence electrons. The molecule has 9 heteroatoms. The van der Waals surface area contributed by atoms with Crippen LogP contribution < -0.4 is 10.2 Å². The molecule has 2 heterocycles. The number of carbonyl (C=O) groups excluding carboxylic acids is 1. The number of halogens is 1. The van der Waals surface area contributed by atoms with Crippen LogP contribution in [-0.2, 0) is 23.0 Å². The Hall–Kier alpha value is -2.75. The summed E-state index contributed by atoms with van der Waals surface area (Å²) in [6.07, 6.45) is 0.942. The van der Waals surface area contributed by atoms with Crippen molar-refractivity contribution in [2.45, 2.75) is 24.8 Å². The van der Waals surface area contributed by atoms with Gasteiger partial charge in [0, 0.05) is 32.7 Å². The molecule has 1 aliphatic heterocycles. The molecular weight excluding hydrogens is 461 g/mol. The van der Waals surface area contributed by atoms with E-state index in [1.807, 2.05) is 29.2 Å². The fraction of sp³-hybridized carbons (Fsp3) is 0.292. The number of benzene rings is 2. The third kappa shape index (κ3) is 5.10. The van der Waals surface area contributed by atoms with Crippen LogP contribution in [0.4, 0.5) is 10.1 Å². The number of nitrogens with one attached hydrogen (secondary N) is 1. The molecule has 1 fully saturated rings. The van der Waals surface area contributed by atoms with Crippen LogP contribution in [0, 0.1) is 5.82 Å². The zero-order chi connectivity index (χ0) is 23.4. The topological polar surface area (TPSA) is 69.7 Å². The SMILES string of the molecule is CCc1ccc(CNC(=O)c2sccc2S(=O)(=O)N2CCN(c3ccccc3F)CC2)cc1. The predicted octanol–water partition coefficient (Wildman–Crippen LogP) is 3.89. The van der Waals surface area contributed by atoms with E-state index in [1.54, 1.807) is 23.6 Å². The summed E-state index contributed by atoms with van der Waals surface area (Å²) in [4.78, 5) is 14.8. The first-order valence-electron chi connectivity index (χ1n) is 10.8. The minimum atomic E-state index is -3.84. The van der Waals surface area contributed by atoms with Crippen LogP contribution >= 0.6 is 11.3 Å². The van der Waals surface area contributed by atoms with Gasteiger partial charge in [-0.3, -0.25) is 4.79 Å². The minimum Gasteiger partial charge on any atom is -0.367 e. The summed E-state index contributed by atoms with van der Waals surface area (Å²) in [5.41, 5.74) is 2.63. The van der Waals surface area contributed by atoms with Crippen molar-refractivity contribution in [1.29, 1.82) is 0 Å². The van der Waals surface area contributed by atoms with Crippen LogP contribution in [-0.4, -0.2) is 44.8 Å². The largest absolute Gasteiger partial charge is 0.367 e. The Kier molecular flexibility index (Phi) is 7.11. The predicted molar refractivity (Wildman–Crippen MR) is 129 cm³/mol. The highest BCUT2D eigenvalue weighted by atomic mass is 32.2. The monoisotopic (exact) mass is 487 g/mol. The van der Waals surface area contributed by atoms with E-state index >= 15 is 0 Å². The molecule has 6 nitrogen and oxygen atoms in total. The second kappa shape index (κ2) is 10.0. The molecule has 1 aliphatic rings. The number of sulfonamides is 1. The molecule has 1 aromatic heterocycles. The highest BCUT2D eigenvalue weighted by molar-refractivity contribution is 7.89. The maximum atomic E-state index is 14.1. The fourth-order valence-electron chi connectivity index (χ4n) is 3.84. The van der Waals surface area contributed by atoms with Gasteiger partial charge in [0.25, 0.3) is 5.91 Å². The summed E-state index contributed by atoms with van der Waals surface area (Å²) in [5, 5.41) is 4.45. The third-order valence-electron chi connectivity index (χ3n) is 5.77. The number of nitrogens with zero attached hydrogens (tertiary/aromatic N) is 2. The van der Waals surface area contributed by atoms with Crippen LogP contribution in [0.1, 0.15) is 27.7 Å². The van der Waals surface area contributed by atoms with Crippen LogP contribution in [0.15, 0.2) is 64.9 Å². The molecule has 0 radical (unpaired) electrons. The Labute approximate surface area is 197 Å². The second-order valence-corrected chi connectivity index (χ2v) is 10.6. The van der Waals surface area contributed by atoms with Gasteiger partial charge in [0.15, 0.2) is 0 Å². The number of para-hydroxylation sites is 1. The summed E-state index contributed by atoms with van der Waals surface area (Å²) in [7, 11) is -3.84. The molecule has 33 heavy (non-hydrogen) atoms. The lowest BCUT2D eigenvalue weighted by atomic mass is 10.1. The van der Waals surface area contributed by atoms with Gasteiger partial charge in [-0.1, -0.05) is 43.3 Å². The maximum absolute atomic E-state index is 14.1. The number of piperazine rings is 1. The number of anilines is 1. The standard InChI is InChI=1S/C24H26FN3O3S2/c1-2-18-7-9-19(10-8-18)17-26-24(29)23-22(11-16-32-23)33(30,31)28-14-12-27(13-15-28)21-6-4-3-5-20(21)25/h3-11,16H,2,12-15,17H2,1H3,(H,26,29). The zero-order valence-electron chi connectivity index (χ0n) is 18.3. The van der Waals surface area contributed by atoms with E-state index in [1.165, 1.54) is 22.0 Å². The number of carbonyl (C=O) groups is 1. The normalized spacial score (nSPS) is 14.9. The first kappa shape index (κ1) is 23.4. The molecule has 2 aromatic carbocycles. The molecule has 0 saturated carbocycles. The van der Waals surface area contributed by atoms with Gasteiger partial charge in [-0.15, -0.1) is 11.3 Å². The summed E-state index contributed by atoms with van der Waals surface area (Å²) in [6, 6.07) is 15.9. The van der Waals surface area contributed by atoms with Gasteiger partial charge in [0.05, 0.1) is 5.69 Å². The summed E-state index contributed by atoms with van der Waals surface area (Å²) in [6.45, 7) is 3.59. The van der Waals surface area contributed by atoms with Crippen LogP contribution in [0.3, 0.4) is 0 Å². The van der Waals surface area contributed by atoms with Crippen LogP contribution in [0.5, 0.6) is 0 Å². The molecular formula is C24H26FN3O3S2. The number of hydrogen-bond donors (Lipinski definition) is 1. The lowest BCUT2D eigenvalue weighted by molar-refractivity contribution is 0.0952. The first-order chi connectivity index (χ1) is 15.9. The number of thiophene rings is 1. The van der Waals surface area contributed by atoms with E-state index in [9.17, 15) is 17.6 Å². The molecule has 1 saturated heterocycles. The van der Waals surface area contributed by atoms with Gasteiger partial charge in [0.2, 0.25) is 10.0 Å². The van der Waals surface area contributed by atoms with Crippen LogP contribution in [0.25, 0.3) is 0 Å². The lowest BCUT2D eigenvalue weighted by Crippen LogP contribution is -2.49. The van der Waals surface area contributed by atoms with E-state index in [0.717, 1.165) is 23.3 Å². The highest BCUT2D eigenvalue weighted by Crippen LogP contribution is 2.27. The van der Waals surface area contributed by atoms with Crippen molar-refractivity contribution in [2.75, 3.05) is 31.1 Å². The van der Waals surface area contributed by atoms with Crippen molar-refractivity contribution in [1.82, 2.24) is 9.62 Å². The van der Waals surface area contributed by atoms with Crippen molar-refractivity contribution < 1.29 is 17.6 Å². The molecule has 0 aliphatic carbocycles. The Bertz CT molecular complexity index is 1220. The summed E-state index contributed by atoms with van der Waals surface area (Å²) >= 11 is 1.11. The molecule has 0 spiro atoms. The average molecular weight is 488 g/mol. The van der Waals surface area contributed by atoms with Gasteiger partial charge in [-0.25, -0.2) is 12.8 Å². The second-order valence-electron chi connectivity index (χ2n) is 7.81. The molecule has 4 rings (SSSR count). The number of aryl methyl sites for hydroxylation is 1. The number of hydrogen-bond acceptors (Lipinski definition) is 5. The van der Waals surface area contributed by atoms with Gasteiger partial charge in [-0.2, -0.15) is 4.31 Å². The number of rotatable bonds is 7. The average Bonchev–Trinajstić information content (AvgIpc) is 3.34. The van der Waals surface area contributed by atoms with Crippen molar-refractivity contribution >= 4 is 33.0 Å². The molecule has 1 amide bonds. The highest BCUT2D eigenvalue weighted by Gasteiger charge is 2.33. The quantitative estimate of drug-likeness (QED) is 0.549. The Morgan fingerprint density at radius 2 is 1.67 bits per heavy atom. The smallest absolute Gasteiger partial charge is 0.263 e. The van der Waals surface area contributed by atoms with Crippen molar-refractivity contribution in [3.05, 3.63) is 81.8 Å². The van der Waals surface area contributed by atoms with E-state index < -0.39 is 15.9 Å². The Morgan fingerprint density at radius 1 is 1.00 bits per heavy atom. The third-order valence-corrected chi connectivity index (χ3v) is 8.75. The molecule has 1 N–H and O–H groups in total. The van der Waals surface area contributed by atoms with Gasteiger partial charge >= 0.3 is 0 Å². The van der Waals surface area contributed by atoms with E-state index in [4.69, 9.17) is 0 Å². The summed E-state index contributed by atoms with van der Waals surface area (Å²) in [5.74, 6) is -0.733. The summed E-state index contributed by atoms with van der Waals surface area (Å²) < 4.78 is 42.0.